The molecule has 1 atom stereocenters. The third-order valence-electron chi connectivity index (χ3n) is 5.14. The molecular formula is C22H26N2O2. The fourth-order valence-corrected chi connectivity index (χ4v) is 3.22. The second-order valence-electron chi connectivity index (χ2n) is 7.44. The van der Waals surface area contributed by atoms with Crippen LogP contribution in [-0.4, -0.2) is 18.4 Å². The smallest absolute Gasteiger partial charge is 0.229 e. The Morgan fingerprint density at radius 2 is 1.77 bits per heavy atom. The first-order valence-corrected chi connectivity index (χ1v) is 9.13. The van der Waals surface area contributed by atoms with Crippen molar-refractivity contribution in [3.8, 4) is 0 Å². The quantitative estimate of drug-likeness (QED) is 0.887. The van der Waals surface area contributed by atoms with Crippen molar-refractivity contribution in [1.29, 1.82) is 0 Å². The van der Waals surface area contributed by atoms with Crippen LogP contribution < -0.4 is 10.2 Å². The summed E-state index contributed by atoms with van der Waals surface area (Å²) < 4.78 is 0. The topological polar surface area (TPSA) is 49.4 Å². The Morgan fingerprint density at radius 1 is 1.08 bits per heavy atom. The van der Waals surface area contributed by atoms with Crippen LogP contribution in [0.2, 0.25) is 0 Å². The number of aryl methyl sites for hydroxylation is 2. The Labute approximate surface area is 155 Å². The van der Waals surface area contributed by atoms with E-state index < -0.39 is 0 Å². The molecule has 1 aliphatic heterocycles. The predicted molar refractivity (Wildman–Crippen MR) is 106 cm³/mol. The average Bonchev–Trinajstić information content (AvgIpc) is 3.00. The van der Waals surface area contributed by atoms with Crippen molar-refractivity contribution in [3.05, 3.63) is 59.2 Å². The number of carbonyl (C=O) groups is 2. The van der Waals surface area contributed by atoms with Gasteiger partial charge in [-0.15, -0.1) is 0 Å². The molecule has 26 heavy (non-hydrogen) atoms. The molecule has 0 aliphatic carbocycles. The molecule has 1 aliphatic rings. The van der Waals surface area contributed by atoms with Gasteiger partial charge in [-0.05, 0) is 60.7 Å². The third-order valence-corrected chi connectivity index (χ3v) is 5.14. The first-order chi connectivity index (χ1) is 12.3. The van der Waals surface area contributed by atoms with Crippen molar-refractivity contribution >= 4 is 23.2 Å². The van der Waals surface area contributed by atoms with Gasteiger partial charge >= 0.3 is 0 Å². The number of carbonyl (C=O) groups excluding carboxylic acids is 2. The van der Waals surface area contributed by atoms with E-state index in [0.29, 0.717) is 12.5 Å². The van der Waals surface area contributed by atoms with Gasteiger partial charge < -0.3 is 10.2 Å². The van der Waals surface area contributed by atoms with Crippen molar-refractivity contribution in [2.45, 2.75) is 40.0 Å². The van der Waals surface area contributed by atoms with Crippen LogP contribution in [0.25, 0.3) is 0 Å². The molecule has 1 heterocycles. The SMILES string of the molecule is Cc1ccc(N2C[C@H](C(=O)Nc3ccc(C(C)C)cc3)CC2=O)cc1C. The van der Waals surface area contributed by atoms with Gasteiger partial charge in [0.25, 0.3) is 0 Å². The Balaban J connectivity index is 1.67. The molecule has 0 unspecified atom stereocenters. The zero-order chi connectivity index (χ0) is 18.8. The second-order valence-corrected chi connectivity index (χ2v) is 7.44. The Kier molecular flexibility index (Phi) is 5.12. The van der Waals surface area contributed by atoms with Crippen LogP contribution in [-0.2, 0) is 9.59 Å². The molecule has 0 bridgehead atoms. The Hall–Kier alpha value is -2.62. The number of rotatable bonds is 4. The van der Waals surface area contributed by atoms with Crippen molar-refractivity contribution < 1.29 is 9.59 Å². The van der Waals surface area contributed by atoms with Crippen LogP contribution in [0.4, 0.5) is 11.4 Å². The zero-order valence-electron chi connectivity index (χ0n) is 15.9. The highest BCUT2D eigenvalue weighted by molar-refractivity contribution is 6.03. The number of hydrogen-bond acceptors (Lipinski definition) is 2. The van der Waals surface area contributed by atoms with E-state index in [4.69, 9.17) is 0 Å². The zero-order valence-corrected chi connectivity index (χ0v) is 15.9. The van der Waals surface area contributed by atoms with Crippen LogP contribution in [0.5, 0.6) is 0 Å². The van der Waals surface area contributed by atoms with Gasteiger partial charge in [-0.3, -0.25) is 9.59 Å². The van der Waals surface area contributed by atoms with E-state index in [9.17, 15) is 9.59 Å². The lowest BCUT2D eigenvalue weighted by atomic mass is 10.0. The fraction of sp³-hybridized carbons (Fsp3) is 0.364. The standard InChI is InChI=1S/C22H26N2O2/c1-14(2)17-6-8-19(9-7-17)23-22(26)18-12-21(25)24(13-18)20-10-5-15(3)16(4)11-20/h5-11,14,18H,12-13H2,1-4H3,(H,23,26)/t18-/m1/s1. The number of amides is 2. The summed E-state index contributed by atoms with van der Waals surface area (Å²) >= 11 is 0. The normalized spacial score (nSPS) is 17.0. The van der Waals surface area contributed by atoms with Gasteiger partial charge in [0, 0.05) is 24.3 Å². The number of nitrogens with one attached hydrogen (secondary N) is 1. The molecule has 0 radical (unpaired) electrons. The maximum absolute atomic E-state index is 12.6. The van der Waals surface area contributed by atoms with Gasteiger partial charge in [-0.25, -0.2) is 0 Å². The van der Waals surface area contributed by atoms with Gasteiger partial charge in [0.2, 0.25) is 11.8 Å². The summed E-state index contributed by atoms with van der Waals surface area (Å²) in [6.45, 7) is 8.78. The highest BCUT2D eigenvalue weighted by atomic mass is 16.2. The number of hydrogen-bond donors (Lipinski definition) is 1. The van der Waals surface area contributed by atoms with Gasteiger partial charge in [0.05, 0.1) is 5.92 Å². The largest absolute Gasteiger partial charge is 0.326 e. The molecule has 0 aromatic heterocycles. The first-order valence-electron chi connectivity index (χ1n) is 9.13. The van der Waals surface area contributed by atoms with E-state index in [2.05, 4.69) is 19.2 Å². The molecular weight excluding hydrogens is 324 g/mol. The minimum atomic E-state index is -0.325. The van der Waals surface area contributed by atoms with E-state index in [1.165, 1.54) is 11.1 Å². The van der Waals surface area contributed by atoms with E-state index in [-0.39, 0.29) is 24.2 Å². The molecule has 1 saturated heterocycles. The monoisotopic (exact) mass is 350 g/mol. The van der Waals surface area contributed by atoms with Crippen LogP contribution in [0.3, 0.4) is 0 Å². The van der Waals surface area contributed by atoms with E-state index in [0.717, 1.165) is 16.9 Å². The van der Waals surface area contributed by atoms with E-state index in [1.54, 1.807) is 4.90 Å². The van der Waals surface area contributed by atoms with Crippen molar-refractivity contribution in [1.82, 2.24) is 0 Å². The lowest BCUT2D eigenvalue weighted by molar-refractivity contribution is -0.122. The Bertz CT molecular complexity index is 825. The summed E-state index contributed by atoms with van der Waals surface area (Å²) in [6.07, 6.45) is 0.253. The molecule has 2 aromatic rings. The van der Waals surface area contributed by atoms with E-state index in [1.807, 2.05) is 56.3 Å². The van der Waals surface area contributed by atoms with Crippen LogP contribution in [0, 0.1) is 19.8 Å². The van der Waals surface area contributed by atoms with Crippen LogP contribution in [0.15, 0.2) is 42.5 Å². The summed E-state index contributed by atoms with van der Waals surface area (Å²) in [7, 11) is 0. The minimum absolute atomic E-state index is 0.00330. The predicted octanol–water partition coefficient (Wildman–Crippen LogP) is 4.42. The van der Waals surface area contributed by atoms with Crippen molar-refractivity contribution in [2.75, 3.05) is 16.8 Å². The maximum atomic E-state index is 12.6. The summed E-state index contributed by atoms with van der Waals surface area (Å²) in [5.41, 5.74) is 5.22. The molecule has 0 saturated carbocycles. The average molecular weight is 350 g/mol. The molecule has 2 amide bonds. The third kappa shape index (κ3) is 3.79. The molecule has 4 heteroatoms. The van der Waals surface area contributed by atoms with Crippen molar-refractivity contribution in [3.63, 3.8) is 0 Å². The summed E-state index contributed by atoms with van der Waals surface area (Å²) in [4.78, 5) is 26.7. The molecule has 0 spiro atoms. The molecule has 4 nitrogen and oxygen atoms in total. The van der Waals surface area contributed by atoms with Crippen LogP contribution in [0.1, 0.15) is 42.9 Å². The maximum Gasteiger partial charge on any atom is 0.229 e. The molecule has 1 N–H and O–H groups in total. The van der Waals surface area contributed by atoms with Gasteiger partial charge in [-0.1, -0.05) is 32.0 Å². The summed E-state index contributed by atoms with van der Waals surface area (Å²) in [6, 6.07) is 13.9. The number of benzene rings is 2. The lowest BCUT2D eigenvalue weighted by Crippen LogP contribution is -2.28. The first kappa shape index (κ1) is 18.2. The van der Waals surface area contributed by atoms with Gasteiger partial charge in [-0.2, -0.15) is 0 Å². The fourth-order valence-electron chi connectivity index (χ4n) is 3.22. The molecule has 1 fully saturated rings. The number of nitrogens with zero attached hydrogens (tertiary/aromatic N) is 1. The van der Waals surface area contributed by atoms with Gasteiger partial charge in [0.1, 0.15) is 0 Å². The molecule has 2 aromatic carbocycles. The highest BCUT2D eigenvalue weighted by Crippen LogP contribution is 2.28. The summed E-state index contributed by atoms with van der Waals surface area (Å²) in [5.74, 6) is 0.0400. The van der Waals surface area contributed by atoms with Crippen molar-refractivity contribution in [2.24, 2.45) is 5.92 Å². The second kappa shape index (κ2) is 7.32. The number of anilines is 2. The lowest BCUT2D eigenvalue weighted by Gasteiger charge is -2.18. The molecule has 3 rings (SSSR count). The summed E-state index contributed by atoms with van der Waals surface area (Å²) in [5, 5.41) is 2.95. The molecule has 136 valence electrons. The Morgan fingerprint density at radius 3 is 2.38 bits per heavy atom. The van der Waals surface area contributed by atoms with Crippen LogP contribution >= 0.6 is 0 Å². The minimum Gasteiger partial charge on any atom is -0.326 e. The van der Waals surface area contributed by atoms with E-state index >= 15 is 0 Å². The van der Waals surface area contributed by atoms with Gasteiger partial charge in [0.15, 0.2) is 0 Å². The highest BCUT2D eigenvalue weighted by Gasteiger charge is 2.35.